The van der Waals surface area contributed by atoms with Crippen LogP contribution in [0.3, 0.4) is 0 Å². The zero-order chi connectivity index (χ0) is 7.49. The molecular formula is C3H5Cl5Si. The van der Waals surface area contributed by atoms with E-state index in [1.807, 2.05) is 0 Å². The molecule has 56 valence electrons. The third-order valence-corrected chi connectivity index (χ3v) is 4.06. The van der Waals surface area contributed by atoms with E-state index in [2.05, 4.69) is 0 Å². The van der Waals surface area contributed by atoms with E-state index in [1.165, 1.54) is 0 Å². The smallest absolute Gasteiger partial charge is 0.126 e. The molecule has 0 saturated carbocycles. The van der Waals surface area contributed by atoms with Gasteiger partial charge in [0.25, 0.3) is 0 Å². The zero-order valence-corrected chi connectivity index (χ0v) is 9.16. The van der Waals surface area contributed by atoms with Crippen LogP contribution in [0.25, 0.3) is 0 Å². The van der Waals surface area contributed by atoms with Crippen molar-refractivity contribution >= 4 is 62.4 Å². The average Bonchev–Trinajstić information content (AvgIpc) is 1.62. The highest BCUT2D eigenvalue weighted by molar-refractivity contribution is 7.64. The van der Waals surface area contributed by atoms with Gasteiger partial charge in [-0.15, -0.1) is 56.4 Å². The molecule has 0 aromatic rings. The molecule has 0 N–H and O–H groups in total. The summed E-state index contributed by atoms with van der Waals surface area (Å²) < 4.78 is 0. The molecule has 0 aliphatic carbocycles. The van der Waals surface area contributed by atoms with Crippen LogP contribution in [0, 0.1) is 0 Å². The molecule has 0 aromatic carbocycles. The minimum absolute atomic E-state index is 0.203. The Kier molecular flexibility index (Phi) is 5.36. The summed E-state index contributed by atoms with van der Waals surface area (Å²) in [5.41, 5.74) is 0. The van der Waals surface area contributed by atoms with Gasteiger partial charge < -0.3 is 0 Å². The molecule has 1 unspecified atom stereocenters. The largest absolute Gasteiger partial charge is 0.342 e. The van der Waals surface area contributed by atoms with E-state index in [1.54, 1.807) is 0 Å². The molecule has 0 saturated heterocycles. The lowest BCUT2D eigenvalue weighted by Crippen LogP contribution is -2.16. The Morgan fingerprint density at radius 2 is 1.67 bits per heavy atom. The molecule has 9 heavy (non-hydrogen) atoms. The Balaban J connectivity index is 3.47. The highest BCUT2D eigenvalue weighted by atomic mass is 35.8. The van der Waals surface area contributed by atoms with Crippen molar-refractivity contribution in [1.29, 1.82) is 0 Å². The predicted molar refractivity (Wildman–Crippen MR) is 48.5 cm³/mol. The van der Waals surface area contributed by atoms with Gasteiger partial charge in [-0.05, 0) is 0 Å². The van der Waals surface area contributed by atoms with Crippen molar-refractivity contribution in [3.63, 3.8) is 0 Å². The maximum atomic E-state index is 5.60. The fourth-order valence-electron chi connectivity index (χ4n) is 0.306. The molecule has 0 radical (unpaired) electrons. The maximum absolute atomic E-state index is 5.60. The molecule has 0 bridgehead atoms. The lowest BCUT2D eigenvalue weighted by atomic mass is 10.6. The van der Waals surface area contributed by atoms with E-state index in [0.29, 0.717) is 11.9 Å². The molecular weight excluding hydrogens is 241 g/mol. The second kappa shape index (κ2) is 4.53. The minimum atomic E-state index is -2.54. The minimum Gasteiger partial charge on any atom is -0.126 e. The standard InChI is InChI=1S/C3H5Cl5Si/c4-1-3(5)2-9(6,7)8/h3H,1-2H2. The second-order valence-corrected chi connectivity index (χ2v) is 11.7. The van der Waals surface area contributed by atoms with Gasteiger partial charge in [-0.1, -0.05) is 0 Å². The van der Waals surface area contributed by atoms with Gasteiger partial charge in [0.15, 0.2) is 0 Å². The Morgan fingerprint density at radius 3 is 1.78 bits per heavy atom. The number of alkyl halides is 2. The van der Waals surface area contributed by atoms with Crippen molar-refractivity contribution < 1.29 is 0 Å². The molecule has 0 aliphatic heterocycles. The number of rotatable bonds is 3. The van der Waals surface area contributed by atoms with Gasteiger partial charge in [0.1, 0.15) is 0 Å². The lowest BCUT2D eigenvalue weighted by molar-refractivity contribution is 1.09. The summed E-state index contributed by atoms with van der Waals surface area (Å²) in [4.78, 5) is 0. The van der Waals surface area contributed by atoms with Gasteiger partial charge in [-0.25, -0.2) is 0 Å². The first-order valence-corrected chi connectivity index (χ1v) is 8.44. The fourth-order valence-corrected chi connectivity index (χ4v) is 4.33. The lowest BCUT2D eigenvalue weighted by Gasteiger charge is -2.09. The average molecular weight is 246 g/mol. The Morgan fingerprint density at radius 1 is 1.22 bits per heavy atom. The van der Waals surface area contributed by atoms with Crippen LogP contribution in [0.2, 0.25) is 6.04 Å². The van der Waals surface area contributed by atoms with Crippen LogP contribution in [-0.2, 0) is 0 Å². The normalized spacial score (nSPS) is 15.7. The number of hydrogen-bond donors (Lipinski definition) is 0. The van der Waals surface area contributed by atoms with Crippen LogP contribution in [0.1, 0.15) is 0 Å². The van der Waals surface area contributed by atoms with E-state index in [-0.39, 0.29) is 5.38 Å². The molecule has 0 aliphatic rings. The van der Waals surface area contributed by atoms with Crippen LogP contribution >= 0.6 is 56.4 Å². The first-order valence-electron chi connectivity index (χ1n) is 2.22. The summed E-state index contributed by atoms with van der Waals surface area (Å²) in [7, 11) is 0. The molecule has 0 fully saturated rings. The second-order valence-electron chi connectivity index (χ2n) is 1.57. The summed E-state index contributed by atoms with van der Waals surface area (Å²) in [6.07, 6.45) is 0. The van der Waals surface area contributed by atoms with Crippen LogP contribution < -0.4 is 0 Å². The topological polar surface area (TPSA) is 0 Å². The molecule has 1 atom stereocenters. The Labute approximate surface area is 79.5 Å². The Hall–Kier alpha value is 1.67. The molecule has 0 amide bonds. The van der Waals surface area contributed by atoms with E-state index in [9.17, 15) is 0 Å². The van der Waals surface area contributed by atoms with E-state index in [0.717, 1.165) is 0 Å². The van der Waals surface area contributed by atoms with Crippen molar-refractivity contribution in [1.82, 2.24) is 0 Å². The van der Waals surface area contributed by atoms with Gasteiger partial charge in [-0.2, -0.15) is 0 Å². The molecule has 0 heterocycles. The molecule has 0 spiro atoms. The van der Waals surface area contributed by atoms with E-state index in [4.69, 9.17) is 56.4 Å². The zero-order valence-electron chi connectivity index (χ0n) is 4.38. The highest BCUT2D eigenvalue weighted by Gasteiger charge is 2.28. The predicted octanol–water partition coefficient (Wildman–Crippen LogP) is 3.49. The molecule has 0 nitrogen and oxygen atoms in total. The van der Waals surface area contributed by atoms with E-state index < -0.39 is 6.00 Å². The molecule has 0 rings (SSSR count). The fraction of sp³-hybridized carbons (Fsp3) is 1.00. The number of halogens is 5. The third-order valence-electron chi connectivity index (χ3n) is 0.620. The first-order chi connectivity index (χ1) is 3.95. The van der Waals surface area contributed by atoms with E-state index >= 15 is 0 Å². The van der Waals surface area contributed by atoms with Crippen LogP contribution in [0.5, 0.6) is 0 Å². The maximum Gasteiger partial charge on any atom is 0.342 e. The summed E-state index contributed by atoms with van der Waals surface area (Å²) in [5, 5.41) is -0.203. The summed E-state index contributed by atoms with van der Waals surface area (Å²) in [5.74, 6) is 0.336. The summed E-state index contributed by atoms with van der Waals surface area (Å²) in [6.45, 7) is 0. The van der Waals surface area contributed by atoms with Crippen molar-refractivity contribution in [2.75, 3.05) is 5.88 Å². The molecule has 0 aromatic heterocycles. The SMILES string of the molecule is ClCC(Cl)C[Si](Cl)(Cl)Cl. The van der Waals surface area contributed by atoms with Crippen molar-refractivity contribution in [2.24, 2.45) is 0 Å². The van der Waals surface area contributed by atoms with Crippen LogP contribution in [0.15, 0.2) is 0 Å². The van der Waals surface area contributed by atoms with Crippen LogP contribution in [0.4, 0.5) is 0 Å². The summed E-state index contributed by atoms with van der Waals surface area (Å²) >= 11 is 27.6. The molecule has 6 heteroatoms. The van der Waals surface area contributed by atoms with Crippen molar-refractivity contribution in [2.45, 2.75) is 11.4 Å². The first kappa shape index (κ1) is 10.7. The van der Waals surface area contributed by atoms with Gasteiger partial charge >= 0.3 is 6.00 Å². The quantitative estimate of drug-likeness (QED) is 0.406. The van der Waals surface area contributed by atoms with Crippen LogP contribution in [-0.4, -0.2) is 17.3 Å². The van der Waals surface area contributed by atoms with Gasteiger partial charge in [0.05, 0.1) is 0 Å². The van der Waals surface area contributed by atoms with Crippen molar-refractivity contribution in [3.05, 3.63) is 0 Å². The van der Waals surface area contributed by atoms with Gasteiger partial charge in [-0.3, -0.25) is 0 Å². The summed E-state index contributed by atoms with van der Waals surface area (Å²) in [6, 6.07) is -2.12. The number of hydrogen-bond acceptors (Lipinski definition) is 0. The highest BCUT2D eigenvalue weighted by Crippen LogP contribution is 2.28. The Bertz CT molecular complexity index is 78.8. The monoisotopic (exact) mass is 244 g/mol. The van der Waals surface area contributed by atoms with Crippen molar-refractivity contribution in [3.8, 4) is 0 Å². The van der Waals surface area contributed by atoms with Gasteiger partial charge in [0, 0.05) is 17.3 Å². The third kappa shape index (κ3) is 7.56. The van der Waals surface area contributed by atoms with Gasteiger partial charge in [0.2, 0.25) is 0 Å².